The predicted octanol–water partition coefficient (Wildman–Crippen LogP) is 1.35. The summed E-state index contributed by atoms with van der Waals surface area (Å²) in [6, 6.07) is 9.75. The van der Waals surface area contributed by atoms with Gasteiger partial charge in [0, 0.05) is 19.6 Å². The van der Waals surface area contributed by atoms with Crippen molar-refractivity contribution in [2.24, 2.45) is 0 Å². The molecule has 110 valence electrons. The second-order valence-electron chi connectivity index (χ2n) is 5.13. The number of aromatic nitrogens is 3. The summed E-state index contributed by atoms with van der Waals surface area (Å²) in [5.41, 5.74) is 1.25. The molecule has 6 heteroatoms. The van der Waals surface area contributed by atoms with E-state index in [1.165, 1.54) is 0 Å². The molecular weight excluding hydrogens is 268 g/mol. The molecule has 0 spiro atoms. The summed E-state index contributed by atoms with van der Waals surface area (Å²) in [7, 11) is 0. The highest BCUT2D eigenvalue weighted by atomic mass is 16.5. The topological polar surface area (TPSA) is 79.9 Å². The fourth-order valence-electron chi connectivity index (χ4n) is 2.36. The van der Waals surface area contributed by atoms with Crippen LogP contribution in [-0.2, 0) is 11.2 Å². The van der Waals surface area contributed by atoms with Crippen molar-refractivity contribution in [3.63, 3.8) is 0 Å². The van der Waals surface area contributed by atoms with Crippen molar-refractivity contribution in [2.75, 3.05) is 18.5 Å². The van der Waals surface area contributed by atoms with E-state index < -0.39 is 0 Å². The maximum Gasteiger partial charge on any atom is 0.274 e. The molecule has 1 aliphatic rings. The molecule has 1 fully saturated rings. The van der Waals surface area contributed by atoms with Crippen LogP contribution in [0, 0.1) is 0 Å². The fourth-order valence-corrected chi connectivity index (χ4v) is 2.36. The summed E-state index contributed by atoms with van der Waals surface area (Å²) in [5.74, 6) is 0.396. The summed E-state index contributed by atoms with van der Waals surface area (Å²) >= 11 is 0. The molecule has 1 aromatic carbocycles. The molecule has 1 atom stereocenters. The van der Waals surface area contributed by atoms with Crippen molar-refractivity contribution < 1.29 is 4.74 Å². The molecule has 2 heterocycles. The minimum atomic E-state index is -0.205. The van der Waals surface area contributed by atoms with Crippen LogP contribution in [0.2, 0.25) is 0 Å². The zero-order valence-corrected chi connectivity index (χ0v) is 11.7. The Labute approximate surface area is 122 Å². The van der Waals surface area contributed by atoms with E-state index >= 15 is 0 Å². The summed E-state index contributed by atoms with van der Waals surface area (Å²) < 4.78 is 5.50. The van der Waals surface area contributed by atoms with Gasteiger partial charge in [0.15, 0.2) is 0 Å². The van der Waals surface area contributed by atoms with Crippen molar-refractivity contribution in [2.45, 2.75) is 25.4 Å². The lowest BCUT2D eigenvalue weighted by Crippen LogP contribution is -2.24. The number of rotatable bonds is 5. The number of hydrogen-bond acceptors (Lipinski definition) is 5. The third kappa shape index (κ3) is 3.66. The lowest BCUT2D eigenvalue weighted by Gasteiger charge is -2.10. The van der Waals surface area contributed by atoms with Crippen molar-refractivity contribution in [1.29, 1.82) is 0 Å². The summed E-state index contributed by atoms with van der Waals surface area (Å²) in [5, 5.41) is 11.1. The Bertz CT molecular complexity index is 636. The van der Waals surface area contributed by atoms with Crippen LogP contribution in [0.4, 0.5) is 5.95 Å². The molecule has 2 N–H and O–H groups in total. The van der Waals surface area contributed by atoms with Crippen LogP contribution in [0.1, 0.15) is 24.1 Å². The third-order valence-corrected chi connectivity index (χ3v) is 3.50. The van der Waals surface area contributed by atoms with Gasteiger partial charge < -0.3 is 10.1 Å². The fraction of sp³-hybridized carbons (Fsp3) is 0.400. The molecule has 0 unspecified atom stereocenters. The number of hydrogen-bond donors (Lipinski definition) is 2. The number of H-pyrrole nitrogens is 1. The van der Waals surface area contributed by atoms with E-state index in [1.54, 1.807) is 0 Å². The van der Waals surface area contributed by atoms with Gasteiger partial charge in [0.1, 0.15) is 5.69 Å². The Morgan fingerprint density at radius 1 is 1.29 bits per heavy atom. The number of nitrogens with zero attached hydrogens (tertiary/aromatic N) is 2. The number of nitrogens with one attached hydrogen (secondary N) is 2. The van der Waals surface area contributed by atoms with Gasteiger partial charge in [0.05, 0.1) is 6.10 Å². The van der Waals surface area contributed by atoms with E-state index in [9.17, 15) is 4.79 Å². The average molecular weight is 286 g/mol. The summed E-state index contributed by atoms with van der Waals surface area (Å²) in [6.07, 6.45) is 2.80. The highest BCUT2D eigenvalue weighted by Gasteiger charge is 2.15. The Morgan fingerprint density at radius 3 is 2.86 bits per heavy atom. The maximum absolute atomic E-state index is 12.0. The standard InChI is InChI=1S/C15H18N4O2/c20-14-13(9-11-5-2-1-3-6-11)18-19-15(17-14)16-10-12-7-4-8-21-12/h1-3,5-6,12H,4,7-10H2,(H2,16,17,19,20)/t12-/m1/s1. The molecule has 1 aliphatic heterocycles. The Morgan fingerprint density at radius 2 is 2.14 bits per heavy atom. The zero-order valence-electron chi connectivity index (χ0n) is 11.7. The molecule has 3 rings (SSSR count). The van der Waals surface area contributed by atoms with E-state index in [2.05, 4.69) is 20.5 Å². The van der Waals surface area contributed by atoms with Crippen LogP contribution >= 0.6 is 0 Å². The highest BCUT2D eigenvalue weighted by Crippen LogP contribution is 2.11. The van der Waals surface area contributed by atoms with Gasteiger partial charge in [0.25, 0.3) is 5.56 Å². The van der Waals surface area contributed by atoms with Gasteiger partial charge in [-0.3, -0.25) is 9.78 Å². The van der Waals surface area contributed by atoms with Gasteiger partial charge in [0.2, 0.25) is 5.95 Å². The van der Waals surface area contributed by atoms with Crippen molar-refractivity contribution in [3.05, 3.63) is 51.9 Å². The molecule has 1 aromatic heterocycles. The number of benzene rings is 1. The van der Waals surface area contributed by atoms with Crippen LogP contribution in [0.25, 0.3) is 0 Å². The molecule has 0 saturated carbocycles. The number of aromatic amines is 1. The molecule has 0 bridgehead atoms. The van der Waals surface area contributed by atoms with Gasteiger partial charge >= 0.3 is 0 Å². The van der Waals surface area contributed by atoms with Crippen LogP contribution in [-0.4, -0.2) is 34.4 Å². The van der Waals surface area contributed by atoms with Gasteiger partial charge in [-0.1, -0.05) is 30.3 Å². The number of ether oxygens (including phenoxy) is 1. The molecule has 1 saturated heterocycles. The van der Waals surface area contributed by atoms with Gasteiger partial charge in [-0.25, -0.2) is 0 Å². The quantitative estimate of drug-likeness (QED) is 0.867. The van der Waals surface area contributed by atoms with Gasteiger partial charge in [-0.2, -0.15) is 0 Å². The van der Waals surface area contributed by atoms with E-state index in [-0.39, 0.29) is 11.7 Å². The largest absolute Gasteiger partial charge is 0.376 e. The second kappa shape index (κ2) is 6.49. The van der Waals surface area contributed by atoms with Crippen molar-refractivity contribution >= 4 is 5.95 Å². The highest BCUT2D eigenvalue weighted by molar-refractivity contribution is 5.24. The maximum atomic E-state index is 12.0. The van der Waals surface area contributed by atoms with E-state index in [0.29, 0.717) is 24.6 Å². The van der Waals surface area contributed by atoms with Crippen molar-refractivity contribution in [3.8, 4) is 0 Å². The first-order chi connectivity index (χ1) is 10.3. The first-order valence-corrected chi connectivity index (χ1v) is 7.16. The van der Waals surface area contributed by atoms with Crippen LogP contribution in [0.3, 0.4) is 0 Å². The minimum absolute atomic E-state index is 0.194. The Kier molecular flexibility index (Phi) is 4.25. The average Bonchev–Trinajstić information content (AvgIpc) is 3.02. The molecular formula is C15H18N4O2. The summed E-state index contributed by atoms with van der Waals surface area (Å²) in [6.45, 7) is 1.45. The second-order valence-corrected chi connectivity index (χ2v) is 5.13. The molecule has 0 radical (unpaired) electrons. The van der Waals surface area contributed by atoms with Crippen LogP contribution in [0.5, 0.6) is 0 Å². The summed E-state index contributed by atoms with van der Waals surface area (Å²) in [4.78, 5) is 14.7. The molecule has 0 amide bonds. The van der Waals surface area contributed by atoms with Gasteiger partial charge in [-0.15, -0.1) is 10.2 Å². The molecule has 21 heavy (non-hydrogen) atoms. The zero-order chi connectivity index (χ0) is 14.5. The molecule has 0 aliphatic carbocycles. The van der Waals surface area contributed by atoms with Gasteiger partial charge in [-0.05, 0) is 18.4 Å². The minimum Gasteiger partial charge on any atom is -0.376 e. The first-order valence-electron chi connectivity index (χ1n) is 7.16. The monoisotopic (exact) mass is 286 g/mol. The Balaban J connectivity index is 1.63. The molecule has 6 nitrogen and oxygen atoms in total. The third-order valence-electron chi connectivity index (χ3n) is 3.50. The van der Waals surface area contributed by atoms with Crippen molar-refractivity contribution in [1.82, 2.24) is 15.2 Å². The normalized spacial score (nSPS) is 17.8. The Hall–Kier alpha value is -2.21. The van der Waals surface area contributed by atoms with Crippen LogP contribution < -0.4 is 10.9 Å². The lowest BCUT2D eigenvalue weighted by molar-refractivity contribution is 0.120. The molecule has 2 aromatic rings. The van der Waals surface area contributed by atoms with E-state index in [1.807, 2.05) is 30.3 Å². The number of anilines is 1. The lowest BCUT2D eigenvalue weighted by atomic mass is 10.1. The smallest absolute Gasteiger partial charge is 0.274 e. The van der Waals surface area contributed by atoms with E-state index in [0.717, 1.165) is 25.0 Å². The first kappa shape index (κ1) is 13.8. The SMILES string of the molecule is O=c1[nH]c(NC[C@H]2CCCO2)nnc1Cc1ccccc1. The van der Waals surface area contributed by atoms with Crippen LogP contribution in [0.15, 0.2) is 35.1 Å². The predicted molar refractivity (Wildman–Crippen MR) is 79.4 cm³/mol. The van der Waals surface area contributed by atoms with E-state index in [4.69, 9.17) is 4.74 Å².